The minimum absolute atomic E-state index is 0.112. The van der Waals surface area contributed by atoms with E-state index in [9.17, 15) is 4.79 Å². The number of amides is 1. The van der Waals surface area contributed by atoms with E-state index in [1.165, 1.54) is 5.56 Å². The summed E-state index contributed by atoms with van der Waals surface area (Å²) in [7, 11) is 0. The molecule has 2 fully saturated rings. The lowest BCUT2D eigenvalue weighted by Crippen LogP contribution is -2.59. The van der Waals surface area contributed by atoms with E-state index in [-0.39, 0.29) is 11.9 Å². The van der Waals surface area contributed by atoms with Gasteiger partial charge in [0, 0.05) is 19.1 Å². The summed E-state index contributed by atoms with van der Waals surface area (Å²) in [5, 5.41) is 11.1. The predicted molar refractivity (Wildman–Crippen MR) is 90.6 cm³/mol. The fraction of sp³-hybridized carbons (Fsp3) is 0.500. The summed E-state index contributed by atoms with van der Waals surface area (Å²) in [5.74, 6) is -0.112. The van der Waals surface area contributed by atoms with Gasteiger partial charge in [0.1, 0.15) is 0 Å². The molecule has 24 heavy (non-hydrogen) atoms. The molecule has 0 unspecified atom stereocenters. The Morgan fingerprint density at radius 3 is 2.71 bits per heavy atom. The standard InChI is InChI=1S/C18H23N5O/c1-2-17(13-6-4-3-5-7-13)22-10-14(11-22)19-18(24)16-12-23(21-20-16)15-8-9-15/h3-7,12,14-15,17H,2,8-11H2,1H3,(H,19,24)/t17-/m0/s1. The Balaban J connectivity index is 1.31. The number of nitrogens with zero attached hydrogens (tertiary/aromatic N) is 4. The van der Waals surface area contributed by atoms with Gasteiger partial charge in [-0.15, -0.1) is 5.10 Å². The first-order valence-electron chi connectivity index (χ1n) is 8.76. The van der Waals surface area contributed by atoms with E-state index in [1.54, 1.807) is 6.20 Å². The van der Waals surface area contributed by atoms with Crippen molar-refractivity contribution in [3.8, 4) is 0 Å². The topological polar surface area (TPSA) is 63.1 Å². The van der Waals surface area contributed by atoms with Crippen molar-refractivity contribution in [3.63, 3.8) is 0 Å². The van der Waals surface area contributed by atoms with Gasteiger partial charge in [0.15, 0.2) is 5.69 Å². The van der Waals surface area contributed by atoms with E-state index < -0.39 is 0 Å². The lowest BCUT2D eigenvalue weighted by atomic mass is 9.97. The number of likely N-dealkylation sites (tertiary alicyclic amines) is 1. The molecular formula is C18H23N5O. The maximum absolute atomic E-state index is 12.3. The lowest BCUT2D eigenvalue weighted by molar-refractivity contribution is 0.0615. The quantitative estimate of drug-likeness (QED) is 0.884. The number of benzene rings is 1. The first-order chi connectivity index (χ1) is 11.7. The largest absolute Gasteiger partial charge is 0.345 e. The van der Waals surface area contributed by atoms with Crippen molar-refractivity contribution in [2.75, 3.05) is 13.1 Å². The molecule has 1 aromatic carbocycles. The fourth-order valence-corrected chi connectivity index (χ4v) is 3.40. The van der Waals surface area contributed by atoms with Gasteiger partial charge in [0.2, 0.25) is 0 Å². The van der Waals surface area contributed by atoms with E-state index in [1.807, 2.05) is 10.7 Å². The average Bonchev–Trinajstić information content (AvgIpc) is 3.31. The highest BCUT2D eigenvalue weighted by Gasteiger charge is 2.34. The Morgan fingerprint density at radius 1 is 1.29 bits per heavy atom. The first-order valence-corrected chi connectivity index (χ1v) is 8.76. The first kappa shape index (κ1) is 15.3. The van der Waals surface area contributed by atoms with Crippen LogP contribution in [0.2, 0.25) is 0 Å². The minimum Gasteiger partial charge on any atom is -0.345 e. The molecule has 0 bridgehead atoms. The Labute approximate surface area is 141 Å². The van der Waals surface area contributed by atoms with Crippen LogP contribution in [0.3, 0.4) is 0 Å². The highest BCUT2D eigenvalue weighted by Crippen LogP contribution is 2.33. The molecule has 4 rings (SSSR count). The summed E-state index contributed by atoms with van der Waals surface area (Å²) in [6.07, 6.45) is 5.11. The van der Waals surface area contributed by atoms with Crippen LogP contribution in [0.25, 0.3) is 0 Å². The number of hydrogen-bond donors (Lipinski definition) is 1. The normalized spacial score (nSPS) is 19.7. The number of rotatable bonds is 6. The van der Waals surface area contributed by atoms with Crippen LogP contribution in [0.4, 0.5) is 0 Å². The molecule has 6 nitrogen and oxygen atoms in total. The van der Waals surface area contributed by atoms with E-state index in [0.717, 1.165) is 32.4 Å². The van der Waals surface area contributed by atoms with Crippen LogP contribution in [0.1, 0.15) is 54.3 Å². The maximum atomic E-state index is 12.3. The summed E-state index contributed by atoms with van der Waals surface area (Å²) in [5.41, 5.74) is 1.77. The zero-order valence-electron chi connectivity index (χ0n) is 13.9. The molecule has 2 aliphatic rings. The molecule has 1 atom stereocenters. The summed E-state index contributed by atoms with van der Waals surface area (Å²) in [6.45, 7) is 3.98. The van der Waals surface area contributed by atoms with Gasteiger partial charge in [-0.25, -0.2) is 4.68 Å². The third kappa shape index (κ3) is 3.06. The van der Waals surface area contributed by atoms with Crippen molar-refractivity contribution >= 4 is 5.91 Å². The van der Waals surface area contributed by atoms with Gasteiger partial charge >= 0.3 is 0 Å². The van der Waals surface area contributed by atoms with Gasteiger partial charge in [-0.05, 0) is 24.8 Å². The highest BCUT2D eigenvalue weighted by molar-refractivity contribution is 5.92. The van der Waals surface area contributed by atoms with Crippen LogP contribution in [-0.4, -0.2) is 44.9 Å². The molecule has 1 N–H and O–H groups in total. The monoisotopic (exact) mass is 325 g/mol. The summed E-state index contributed by atoms with van der Waals surface area (Å²) in [6, 6.07) is 11.6. The van der Waals surface area contributed by atoms with Gasteiger partial charge in [-0.2, -0.15) is 0 Å². The van der Waals surface area contributed by atoms with E-state index in [2.05, 4.69) is 51.7 Å². The molecular weight excluding hydrogens is 302 g/mol. The van der Waals surface area contributed by atoms with E-state index in [0.29, 0.717) is 17.8 Å². The molecule has 126 valence electrons. The van der Waals surface area contributed by atoms with E-state index >= 15 is 0 Å². The van der Waals surface area contributed by atoms with Crippen LogP contribution < -0.4 is 5.32 Å². The van der Waals surface area contributed by atoms with Gasteiger partial charge in [0.25, 0.3) is 5.91 Å². The summed E-state index contributed by atoms with van der Waals surface area (Å²) < 4.78 is 1.81. The fourth-order valence-electron chi connectivity index (χ4n) is 3.40. The Kier molecular flexibility index (Phi) is 4.06. The van der Waals surface area contributed by atoms with Crippen molar-refractivity contribution in [1.82, 2.24) is 25.2 Å². The predicted octanol–water partition coefficient (Wildman–Crippen LogP) is 2.18. The van der Waals surface area contributed by atoms with Crippen LogP contribution in [0, 0.1) is 0 Å². The Bertz CT molecular complexity index is 703. The Morgan fingerprint density at radius 2 is 2.04 bits per heavy atom. The molecule has 0 radical (unpaired) electrons. The van der Waals surface area contributed by atoms with Gasteiger partial charge in [-0.3, -0.25) is 9.69 Å². The minimum atomic E-state index is -0.112. The number of carbonyl (C=O) groups is 1. The third-order valence-electron chi connectivity index (χ3n) is 4.92. The molecule has 1 aromatic heterocycles. The molecule has 1 aliphatic carbocycles. The molecule has 1 saturated carbocycles. The second-order valence-electron chi connectivity index (χ2n) is 6.77. The molecule has 0 spiro atoms. The smallest absolute Gasteiger partial charge is 0.273 e. The van der Waals surface area contributed by atoms with Crippen LogP contribution >= 0.6 is 0 Å². The number of nitrogens with one attached hydrogen (secondary N) is 1. The van der Waals surface area contributed by atoms with Crippen LogP contribution in [0.5, 0.6) is 0 Å². The zero-order valence-corrected chi connectivity index (χ0v) is 13.9. The van der Waals surface area contributed by atoms with Crippen molar-refractivity contribution < 1.29 is 4.79 Å². The molecule has 1 saturated heterocycles. The van der Waals surface area contributed by atoms with Crippen LogP contribution in [-0.2, 0) is 0 Å². The molecule has 1 aliphatic heterocycles. The molecule has 1 amide bonds. The molecule has 2 heterocycles. The number of hydrogen-bond acceptors (Lipinski definition) is 4. The summed E-state index contributed by atoms with van der Waals surface area (Å²) >= 11 is 0. The zero-order chi connectivity index (χ0) is 16.5. The molecule has 6 heteroatoms. The van der Waals surface area contributed by atoms with E-state index in [4.69, 9.17) is 0 Å². The van der Waals surface area contributed by atoms with Gasteiger partial charge in [-0.1, -0.05) is 42.5 Å². The lowest BCUT2D eigenvalue weighted by Gasteiger charge is -2.44. The SMILES string of the molecule is CC[C@@H](c1ccccc1)N1CC(NC(=O)c2cn(C3CC3)nn2)C1. The second kappa shape index (κ2) is 6.36. The highest BCUT2D eigenvalue weighted by atomic mass is 16.2. The molecule has 2 aromatic rings. The van der Waals surface area contributed by atoms with Crippen molar-refractivity contribution in [2.45, 2.75) is 44.3 Å². The van der Waals surface area contributed by atoms with Crippen LogP contribution in [0.15, 0.2) is 36.5 Å². The van der Waals surface area contributed by atoms with Crippen molar-refractivity contribution in [2.24, 2.45) is 0 Å². The van der Waals surface area contributed by atoms with Crippen molar-refractivity contribution in [3.05, 3.63) is 47.8 Å². The van der Waals surface area contributed by atoms with Gasteiger partial charge < -0.3 is 5.32 Å². The second-order valence-corrected chi connectivity index (χ2v) is 6.77. The summed E-state index contributed by atoms with van der Waals surface area (Å²) in [4.78, 5) is 14.7. The van der Waals surface area contributed by atoms with Gasteiger partial charge in [0.05, 0.1) is 18.3 Å². The third-order valence-corrected chi connectivity index (χ3v) is 4.92. The maximum Gasteiger partial charge on any atom is 0.273 e. The average molecular weight is 325 g/mol. The van der Waals surface area contributed by atoms with Crippen molar-refractivity contribution in [1.29, 1.82) is 0 Å². The number of carbonyl (C=O) groups excluding carboxylic acids is 1. The Hall–Kier alpha value is -2.21. The number of aromatic nitrogens is 3.